The highest BCUT2D eigenvalue weighted by Gasteiger charge is 2.18. The molecule has 3 heterocycles. The van der Waals surface area contributed by atoms with Crippen molar-refractivity contribution in [3.05, 3.63) is 47.3 Å². The molecule has 4 nitrogen and oxygen atoms in total. The van der Waals surface area contributed by atoms with E-state index in [1.807, 2.05) is 17.5 Å². The summed E-state index contributed by atoms with van der Waals surface area (Å²) in [5.41, 5.74) is 0.127. The van der Waals surface area contributed by atoms with Gasteiger partial charge >= 0.3 is 0 Å². The molecule has 0 saturated heterocycles. The molecule has 0 N–H and O–H groups in total. The third-order valence-electron chi connectivity index (χ3n) is 2.91. The maximum Gasteiger partial charge on any atom is 0.235 e. The molecule has 3 aromatic heterocycles. The van der Waals surface area contributed by atoms with Crippen LogP contribution in [-0.4, -0.2) is 19.8 Å². The minimum atomic E-state index is -0.903. The van der Waals surface area contributed by atoms with E-state index in [1.54, 1.807) is 4.52 Å². The monoisotopic (exact) mass is 320 g/mol. The predicted molar refractivity (Wildman–Crippen MR) is 77.3 cm³/mol. The van der Waals surface area contributed by atoms with Gasteiger partial charge in [-0.25, -0.2) is 8.78 Å². The van der Waals surface area contributed by atoms with Crippen LogP contribution in [0.15, 0.2) is 35.7 Å². The zero-order chi connectivity index (χ0) is 14.4. The molecule has 0 bridgehead atoms. The van der Waals surface area contributed by atoms with E-state index in [4.69, 9.17) is 0 Å². The van der Waals surface area contributed by atoms with Crippen LogP contribution in [0.5, 0.6) is 0 Å². The summed E-state index contributed by atoms with van der Waals surface area (Å²) in [6.45, 7) is 0. The highest BCUT2D eigenvalue weighted by molar-refractivity contribution is 7.19. The first kappa shape index (κ1) is 12.5. The van der Waals surface area contributed by atoms with Gasteiger partial charge in [0.2, 0.25) is 4.96 Å². The fourth-order valence-corrected chi connectivity index (χ4v) is 3.51. The molecule has 21 heavy (non-hydrogen) atoms. The zero-order valence-electron chi connectivity index (χ0n) is 10.3. The van der Waals surface area contributed by atoms with E-state index >= 15 is 0 Å². The molecule has 0 atom stereocenters. The van der Waals surface area contributed by atoms with Gasteiger partial charge in [-0.1, -0.05) is 23.5 Å². The van der Waals surface area contributed by atoms with Crippen molar-refractivity contribution >= 4 is 27.6 Å². The third kappa shape index (κ3) is 1.95. The maximum atomic E-state index is 13.8. The Labute approximate surface area is 125 Å². The van der Waals surface area contributed by atoms with Crippen molar-refractivity contribution in [2.45, 2.75) is 0 Å². The summed E-state index contributed by atoms with van der Waals surface area (Å²) in [4.78, 5) is 1.45. The van der Waals surface area contributed by atoms with E-state index in [1.165, 1.54) is 34.8 Å². The normalized spacial score (nSPS) is 11.3. The lowest BCUT2D eigenvalue weighted by Crippen LogP contribution is -1.92. The van der Waals surface area contributed by atoms with Crippen LogP contribution in [-0.2, 0) is 0 Å². The van der Waals surface area contributed by atoms with Crippen LogP contribution in [0.4, 0.5) is 8.78 Å². The number of benzene rings is 1. The van der Waals surface area contributed by atoms with Gasteiger partial charge < -0.3 is 0 Å². The van der Waals surface area contributed by atoms with Gasteiger partial charge in [-0.05, 0) is 23.6 Å². The zero-order valence-corrected chi connectivity index (χ0v) is 12.0. The van der Waals surface area contributed by atoms with Gasteiger partial charge in [0.25, 0.3) is 0 Å². The molecule has 0 radical (unpaired) electrons. The van der Waals surface area contributed by atoms with Crippen molar-refractivity contribution in [3.8, 4) is 21.3 Å². The summed E-state index contributed by atoms with van der Waals surface area (Å²) in [6.07, 6.45) is 0. The fourth-order valence-electron chi connectivity index (χ4n) is 1.95. The molecule has 0 aliphatic heterocycles. The van der Waals surface area contributed by atoms with Crippen molar-refractivity contribution in [1.82, 2.24) is 19.8 Å². The number of hydrogen-bond donors (Lipinski definition) is 0. The molecular weight excluding hydrogens is 314 g/mol. The SMILES string of the molecule is Fc1cccc(-c2nn3c(-c4cccs4)nnc3s2)c1F. The highest BCUT2D eigenvalue weighted by Crippen LogP contribution is 2.31. The molecule has 8 heteroatoms. The summed E-state index contributed by atoms with van der Waals surface area (Å²) in [7, 11) is 0. The van der Waals surface area contributed by atoms with Gasteiger partial charge in [-0.3, -0.25) is 0 Å². The lowest BCUT2D eigenvalue weighted by atomic mass is 10.2. The first-order valence-electron chi connectivity index (χ1n) is 5.94. The standard InChI is InChI=1S/C13H6F2N4S2/c14-8-4-1-3-7(10(8)15)12-18-19-11(9-5-2-6-20-9)16-17-13(19)21-12/h1-6H. The Morgan fingerprint density at radius 1 is 1.05 bits per heavy atom. The predicted octanol–water partition coefficient (Wildman–Crippen LogP) is 3.86. The number of rotatable bonds is 2. The maximum absolute atomic E-state index is 13.8. The Balaban J connectivity index is 1.90. The minimum Gasteiger partial charge on any atom is -0.204 e. The van der Waals surface area contributed by atoms with Crippen LogP contribution in [0.25, 0.3) is 26.2 Å². The van der Waals surface area contributed by atoms with Crippen LogP contribution in [0.3, 0.4) is 0 Å². The quantitative estimate of drug-likeness (QED) is 0.563. The van der Waals surface area contributed by atoms with Gasteiger partial charge in [0.15, 0.2) is 22.5 Å². The number of thiophene rings is 1. The molecule has 1 aromatic carbocycles. The first-order chi connectivity index (χ1) is 10.2. The van der Waals surface area contributed by atoms with Crippen LogP contribution in [0.1, 0.15) is 0 Å². The second-order valence-corrected chi connectivity index (χ2v) is 6.11. The van der Waals surface area contributed by atoms with Crippen LogP contribution >= 0.6 is 22.7 Å². The van der Waals surface area contributed by atoms with Crippen molar-refractivity contribution in [3.63, 3.8) is 0 Å². The Kier molecular flexibility index (Phi) is 2.79. The number of aromatic nitrogens is 4. The average Bonchev–Trinajstić information content (AvgIpc) is 3.16. The summed E-state index contributed by atoms with van der Waals surface area (Å²) >= 11 is 2.68. The molecule has 0 aliphatic rings. The Hall–Kier alpha value is -2.19. The summed E-state index contributed by atoms with van der Waals surface area (Å²) in [5, 5.41) is 14.7. The molecule has 0 unspecified atom stereocenters. The minimum absolute atomic E-state index is 0.127. The van der Waals surface area contributed by atoms with Crippen molar-refractivity contribution in [1.29, 1.82) is 0 Å². The first-order valence-corrected chi connectivity index (χ1v) is 7.64. The molecule has 0 fully saturated rings. The third-order valence-corrected chi connectivity index (χ3v) is 4.71. The number of fused-ring (bicyclic) bond motifs is 1. The Morgan fingerprint density at radius 3 is 2.76 bits per heavy atom. The van der Waals surface area contributed by atoms with Crippen LogP contribution in [0, 0.1) is 11.6 Å². The van der Waals surface area contributed by atoms with E-state index in [-0.39, 0.29) is 5.56 Å². The van der Waals surface area contributed by atoms with Gasteiger partial charge in [0, 0.05) is 0 Å². The lowest BCUT2D eigenvalue weighted by Gasteiger charge is -1.98. The number of nitrogens with zero attached hydrogens (tertiary/aromatic N) is 4. The molecule has 0 amide bonds. The van der Waals surface area contributed by atoms with E-state index in [2.05, 4.69) is 15.3 Å². The second-order valence-electron chi connectivity index (χ2n) is 4.20. The lowest BCUT2D eigenvalue weighted by molar-refractivity contribution is 0.511. The fraction of sp³-hybridized carbons (Fsp3) is 0. The molecule has 0 spiro atoms. The van der Waals surface area contributed by atoms with Crippen molar-refractivity contribution < 1.29 is 8.78 Å². The second kappa shape index (κ2) is 4.68. The van der Waals surface area contributed by atoms with E-state index in [0.717, 1.165) is 10.9 Å². The van der Waals surface area contributed by atoms with Gasteiger partial charge in [-0.15, -0.1) is 21.5 Å². The molecule has 0 aliphatic carbocycles. The smallest absolute Gasteiger partial charge is 0.204 e. The Bertz CT molecular complexity index is 927. The average molecular weight is 320 g/mol. The summed E-state index contributed by atoms with van der Waals surface area (Å²) < 4.78 is 28.7. The van der Waals surface area contributed by atoms with Crippen LogP contribution in [0.2, 0.25) is 0 Å². The van der Waals surface area contributed by atoms with E-state index in [0.29, 0.717) is 15.8 Å². The van der Waals surface area contributed by atoms with Gasteiger partial charge in [0.1, 0.15) is 0 Å². The van der Waals surface area contributed by atoms with E-state index in [9.17, 15) is 8.78 Å². The van der Waals surface area contributed by atoms with Gasteiger partial charge in [0.05, 0.1) is 10.4 Å². The molecule has 104 valence electrons. The molecule has 4 aromatic rings. The summed E-state index contributed by atoms with van der Waals surface area (Å²) in [6, 6.07) is 7.84. The summed E-state index contributed by atoms with van der Waals surface area (Å²) in [5.74, 6) is -1.20. The molecular formula is C13H6F2N4S2. The van der Waals surface area contributed by atoms with Crippen molar-refractivity contribution in [2.75, 3.05) is 0 Å². The van der Waals surface area contributed by atoms with Crippen LogP contribution < -0.4 is 0 Å². The largest absolute Gasteiger partial charge is 0.235 e. The molecule has 4 rings (SSSR count). The van der Waals surface area contributed by atoms with Gasteiger partial charge in [-0.2, -0.15) is 9.61 Å². The topological polar surface area (TPSA) is 43.1 Å². The molecule has 0 saturated carbocycles. The number of hydrogen-bond acceptors (Lipinski definition) is 5. The number of halogens is 2. The van der Waals surface area contributed by atoms with E-state index < -0.39 is 11.6 Å². The Morgan fingerprint density at radius 2 is 1.95 bits per heavy atom. The highest BCUT2D eigenvalue weighted by atomic mass is 32.1. The van der Waals surface area contributed by atoms with Crippen molar-refractivity contribution in [2.24, 2.45) is 0 Å².